The van der Waals surface area contributed by atoms with E-state index in [0.29, 0.717) is 29.1 Å². The van der Waals surface area contributed by atoms with E-state index >= 15 is 0 Å². The largest absolute Gasteiger partial charge is 0.351 e. The van der Waals surface area contributed by atoms with Gasteiger partial charge in [-0.1, -0.05) is 0 Å². The molecule has 2 nitrogen and oxygen atoms in total. The van der Waals surface area contributed by atoms with E-state index in [-0.39, 0.29) is 11.7 Å². The second-order valence-corrected chi connectivity index (χ2v) is 3.75. The number of carbonyl (C=O) groups is 1. The molecule has 0 spiro atoms. The van der Waals surface area contributed by atoms with E-state index in [1.807, 2.05) is 0 Å². The zero-order chi connectivity index (χ0) is 11.4. The minimum absolute atomic E-state index is 0.221. The molecule has 0 heterocycles. The van der Waals surface area contributed by atoms with Gasteiger partial charge in [-0.2, -0.15) is 0 Å². The summed E-state index contributed by atoms with van der Waals surface area (Å²) in [6.07, 6.45) is 0. The molecule has 0 fully saturated rings. The van der Waals surface area contributed by atoms with Crippen LogP contribution in [0.3, 0.4) is 0 Å². The number of amides is 1. The van der Waals surface area contributed by atoms with Gasteiger partial charge in [-0.25, -0.2) is 4.39 Å². The minimum Gasteiger partial charge on any atom is -0.351 e. The normalized spacial score (nSPS) is 10.1. The van der Waals surface area contributed by atoms with Crippen molar-refractivity contribution >= 4 is 17.5 Å². The highest BCUT2D eigenvalue weighted by Crippen LogP contribution is 2.14. The topological polar surface area (TPSA) is 29.1 Å². The van der Waals surface area contributed by atoms with Gasteiger partial charge < -0.3 is 5.32 Å². The molecule has 1 amide bonds. The van der Waals surface area contributed by atoms with Gasteiger partial charge in [0.05, 0.1) is 0 Å². The average Bonchev–Trinajstić information content (AvgIpc) is 2.21. The Hall–Kier alpha value is -1.09. The summed E-state index contributed by atoms with van der Waals surface area (Å²) < 4.78 is 13.3. The van der Waals surface area contributed by atoms with E-state index in [9.17, 15) is 9.18 Å². The van der Waals surface area contributed by atoms with Crippen LogP contribution in [-0.2, 0) is 0 Å². The highest BCUT2D eigenvalue weighted by Gasteiger charge is 2.09. The Morgan fingerprint density at radius 2 is 1.93 bits per heavy atom. The molecule has 0 aliphatic carbocycles. The van der Waals surface area contributed by atoms with Crippen LogP contribution in [0, 0.1) is 19.7 Å². The molecular weight excluding hydrogens is 217 g/mol. The van der Waals surface area contributed by atoms with Gasteiger partial charge in [0.2, 0.25) is 0 Å². The lowest BCUT2D eigenvalue weighted by Crippen LogP contribution is -2.25. The highest BCUT2D eigenvalue weighted by atomic mass is 35.5. The molecule has 0 atom stereocenters. The first-order valence-corrected chi connectivity index (χ1v) is 5.20. The highest BCUT2D eigenvalue weighted by molar-refractivity contribution is 6.18. The van der Waals surface area contributed by atoms with Crippen molar-refractivity contribution in [2.24, 2.45) is 0 Å². The fraction of sp³-hybridized carbons (Fsp3) is 0.364. The van der Waals surface area contributed by atoms with Crippen molar-refractivity contribution in [2.45, 2.75) is 13.8 Å². The summed E-state index contributed by atoms with van der Waals surface area (Å²) in [7, 11) is 0. The lowest BCUT2D eigenvalue weighted by molar-refractivity contribution is 0.0956. The van der Waals surface area contributed by atoms with Crippen LogP contribution < -0.4 is 5.32 Å². The molecule has 1 aromatic rings. The summed E-state index contributed by atoms with van der Waals surface area (Å²) in [5.74, 6) is -0.115. The number of nitrogens with one attached hydrogen (secondary N) is 1. The maximum Gasteiger partial charge on any atom is 0.251 e. The minimum atomic E-state index is -0.260. The third kappa shape index (κ3) is 2.93. The number of halogens is 2. The van der Waals surface area contributed by atoms with Gasteiger partial charge in [-0.3, -0.25) is 4.79 Å². The number of hydrogen-bond acceptors (Lipinski definition) is 1. The van der Waals surface area contributed by atoms with Crippen LogP contribution in [0.1, 0.15) is 21.5 Å². The Morgan fingerprint density at radius 3 is 2.40 bits per heavy atom. The van der Waals surface area contributed by atoms with Gasteiger partial charge in [0.1, 0.15) is 5.82 Å². The number of carbonyl (C=O) groups excluding carboxylic acids is 1. The molecule has 0 aliphatic heterocycles. The standard InChI is InChI=1S/C11H13ClFNO/c1-7-5-9(6-8(2)10(7)13)11(15)14-4-3-12/h5-6H,3-4H2,1-2H3,(H,14,15). The molecule has 0 saturated heterocycles. The van der Waals surface area contributed by atoms with Gasteiger partial charge in [-0.05, 0) is 37.1 Å². The molecule has 4 heteroatoms. The van der Waals surface area contributed by atoms with Crippen LogP contribution in [0.15, 0.2) is 12.1 Å². The smallest absolute Gasteiger partial charge is 0.251 e. The fourth-order valence-electron chi connectivity index (χ4n) is 1.34. The molecule has 1 N–H and O–H groups in total. The van der Waals surface area contributed by atoms with Gasteiger partial charge in [-0.15, -0.1) is 11.6 Å². The first kappa shape index (κ1) is 12.0. The Bertz CT molecular complexity index is 356. The summed E-state index contributed by atoms with van der Waals surface area (Å²) in [5.41, 5.74) is 1.42. The lowest BCUT2D eigenvalue weighted by Gasteiger charge is -2.06. The Balaban J connectivity index is 2.91. The summed E-state index contributed by atoms with van der Waals surface area (Å²) in [5, 5.41) is 2.63. The van der Waals surface area contributed by atoms with Crippen LogP contribution in [0.25, 0.3) is 0 Å². The second kappa shape index (κ2) is 5.12. The number of benzene rings is 1. The quantitative estimate of drug-likeness (QED) is 0.793. The Morgan fingerprint density at radius 1 is 1.40 bits per heavy atom. The summed E-state index contributed by atoms with van der Waals surface area (Å²) in [6, 6.07) is 3.07. The predicted octanol–water partition coefficient (Wildman–Crippen LogP) is 2.41. The summed E-state index contributed by atoms with van der Waals surface area (Å²) in [4.78, 5) is 11.5. The van der Waals surface area contributed by atoms with Crippen molar-refractivity contribution in [3.8, 4) is 0 Å². The van der Waals surface area contributed by atoms with Gasteiger partial charge >= 0.3 is 0 Å². The van der Waals surface area contributed by atoms with Crippen molar-refractivity contribution in [3.63, 3.8) is 0 Å². The van der Waals surface area contributed by atoms with Crippen molar-refractivity contribution in [3.05, 3.63) is 34.6 Å². The molecule has 1 aromatic carbocycles. The second-order valence-electron chi connectivity index (χ2n) is 3.37. The maximum atomic E-state index is 13.3. The van der Waals surface area contributed by atoms with E-state index in [1.165, 1.54) is 12.1 Å². The van der Waals surface area contributed by atoms with E-state index in [1.54, 1.807) is 13.8 Å². The fourth-order valence-corrected chi connectivity index (χ4v) is 1.43. The molecule has 15 heavy (non-hydrogen) atoms. The van der Waals surface area contributed by atoms with Crippen molar-refractivity contribution in [1.82, 2.24) is 5.32 Å². The average molecular weight is 230 g/mol. The van der Waals surface area contributed by atoms with Gasteiger partial charge in [0.15, 0.2) is 0 Å². The first-order chi connectivity index (χ1) is 7.06. The number of aryl methyl sites for hydroxylation is 2. The molecule has 0 unspecified atom stereocenters. The Kier molecular flexibility index (Phi) is 4.09. The van der Waals surface area contributed by atoms with Crippen LogP contribution >= 0.6 is 11.6 Å². The molecule has 0 aliphatic rings. The zero-order valence-electron chi connectivity index (χ0n) is 8.73. The van der Waals surface area contributed by atoms with E-state index in [2.05, 4.69) is 5.32 Å². The third-order valence-corrected chi connectivity index (χ3v) is 2.27. The van der Waals surface area contributed by atoms with Crippen LogP contribution in [-0.4, -0.2) is 18.3 Å². The van der Waals surface area contributed by atoms with Crippen molar-refractivity contribution in [2.75, 3.05) is 12.4 Å². The molecule has 0 radical (unpaired) electrons. The molecule has 1 rings (SSSR count). The molecule has 0 saturated carbocycles. The SMILES string of the molecule is Cc1cc(C(=O)NCCCl)cc(C)c1F. The van der Waals surface area contributed by atoms with Crippen LogP contribution in [0.5, 0.6) is 0 Å². The number of rotatable bonds is 3. The van der Waals surface area contributed by atoms with E-state index in [0.717, 1.165) is 0 Å². The summed E-state index contributed by atoms with van der Waals surface area (Å²) in [6.45, 7) is 3.69. The van der Waals surface area contributed by atoms with Crippen LogP contribution in [0.2, 0.25) is 0 Å². The molecule has 0 bridgehead atoms. The first-order valence-electron chi connectivity index (χ1n) is 4.67. The van der Waals surface area contributed by atoms with Crippen molar-refractivity contribution in [1.29, 1.82) is 0 Å². The van der Waals surface area contributed by atoms with E-state index < -0.39 is 0 Å². The monoisotopic (exact) mass is 229 g/mol. The molecule has 82 valence electrons. The van der Waals surface area contributed by atoms with Crippen molar-refractivity contribution < 1.29 is 9.18 Å². The lowest BCUT2D eigenvalue weighted by atomic mass is 10.1. The van der Waals surface area contributed by atoms with Crippen LogP contribution in [0.4, 0.5) is 4.39 Å². The third-order valence-electron chi connectivity index (χ3n) is 2.08. The predicted molar refractivity (Wildman–Crippen MR) is 58.9 cm³/mol. The number of hydrogen-bond donors (Lipinski definition) is 1. The number of alkyl halides is 1. The van der Waals surface area contributed by atoms with Gasteiger partial charge in [0, 0.05) is 18.0 Å². The summed E-state index contributed by atoms with van der Waals surface area (Å²) >= 11 is 5.45. The van der Waals surface area contributed by atoms with Gasteiger partial charge in [0.25, 0.3) is 5.91 Å². The zero-order valence-corrected chi connectivity index (χ0v) is 9.49. The van der Waals surface area contributed by atoms with E-state index in [4.69, 9.17) is 11.6 Å². The molecular formula is C11H13ClFNO. The Labute approximate surface area is 93.4 Å². The molecule has 0 aromatic heterocycles. The maximum absolute atomic E-state index is 13.3.